The molecule has 0 aliphatic carbocycles. The van der Waals surface area contributed by atoms with E-state index in [1.165, 1.54) is 0 Å². The highest BCUT2D eigenvalue weighted by molar-refractivity contribution is 9.10. The Hall–Kier alpha value is -1.81. The van der Waals surface area contributed by atoms with Gasteiger partial charge in [0, 0.05) is 4.47 Å². The topological polar surface area (TPSA) is 38.3 Å². The standard InChI is InChI=1S/C16H14BrNO2/c1-10-6-7-13-15(8-10)20-16(19)9-14(18-13)11-4-2-3-5-12(11)17/h2-8,14,18H,9H2,1H3. The minimum Gasteiger partial charge on any atom is -0.424 e. The van der Waals surface area contributed by atoms with Crippen molar-refractivity contribution in [1.82, 2.24) is 0 Å². The molecule has 0 aromatic heterocycles. The summed E-state index contributed by atoms with van der Waals surface area (Å²) in [6.07, 6.45) is 0.302. The Morgan fingerprint density at radius 1 is 1.25 bits per heavy atom. The van der Waals surface area contributed by atoms with E-state index >= 15 is 0 Å². The summed E-state index contributed by atoms with van der Waals surface area (Å²) in [5, 5.41) is 3.40. The summed E-state index contributed by atoms with van der Waals surface area (Å²) in [5.41, 5.74) is 2.97. The van der Waals surface area contributed by atoms with Gasteiger partial charge in [-0.2, -0.15) is 0 Å². The number of carbonyl (C=O) groups is 1. The molecule has 2 aromatic rings. The summed E-state index contributed by atoms with van der Waals surface area (Å²) in [6, 6.07) is 13.6. The molecule has 3 nitrogen and oxygen atoms in total. The van der Waals surface area contributed by atoms with Gasteiger partial charge in [0.2, 0.25) is 0 Å². The minimum absolute atomic E-state index is 0.0953. The number of hydrogen-bond acceptors (Lipinski definition) is 3. The van der Waals surface area contributed by atoms with Crippen LogP contribution < -0.4 is 10.1 Å². The molecule has 1 unspecified atom stereocenters. The molecule has 0 saturated heterocycles. The molecule has 0 fully saturated rings. The van der Waals surface area contributed by atoms with Gasteiger partial charge in [-0.25, -0.2) is 0 Å². The van der Waals surface area contributed by atoms with E-state index in [2.05, 4.69) is 21.2 Å². The van der Waals surface area contributed by atoms with Crippen LogP contribution in [-0.2, 0) is 4.79 Å². The van der Waals surface area contributed by atoms with Crippen LogP contribution in [0.25, 0.3) is 0 Å². The Morgan fingerprint density at radius 2 is 2.05 bits per heavy atom. The smallest absolute Gasteiger partial charge is 0.313 e. The molecule has 0 saturated carbocycles. The second-order valence-electron chi connectivity index (χ2n) is 4.90. The lowest BCUT2D eigenvalue weighted by Gasteiger charge is -2.18. The first-order chi connectivity index (χ1) is 9.63. The second kappa shape index (κ2) is 5.29. The quantitative estimate of drug-likeness (QED) is 0.628. The molecule has 1 N–H and O–H groups in total. The summed E-state index contributed by atoms with van der Waals surface area (Å²) in [7, 11) is 0. The van der Waals surface area contributed by atoms with Gasteiger partial charge in [0.05, 0.1) is 18.2 Å². The third-order valence-corrected chi connectivity index (χ3v) is 4.06. The Kier molecular flexibility index (Phi) is 3.49. The predicted molar refractivity (Wildman–Crippen MR) is 81.9 cm³/mol. The molecule has 1 aliphatic rings. The van der Waals surface area contributed by atoms with E-state index < -0.39 is 0 Å². The van der Waals surface area contributed by atoms with Gasteiger partial charge in [-0.15, -0.1) is 0 Å². The largest absolute Gasteiger partial charge is 0.424 e. The third kappa shape index (κ3) is 2.56. The van der Waals surface area contributed by atoms with E-state index in [4.69, 9.17) is 4.74 Å². The SMILES string of the molecule is Cc1ccc2c(c1)OC(=O)CC(c1ccccc1Br)N2. The van der Waals surface area contributed by atoms with E-state index in [1.54, 1.807) is 0 Å². The Balaban J connectivity index is 2.01. The first-order valence-corrected chi connectivity index (χ1v) is 7.25. The van der Waals surface area contributed by atoms with Gasteiger partial charge in [0.1, 0.15) is 0 Å². The number of aryl methyl sites for hydroxylation is 1. The van der Waals surface area contributed by atoms with Crippen molar-refractivity contribution in [3.8, 4) is 5.75 Å². The maximum absolute atomic E-state index is 12.0. The number of halogens is 1. The number of anilines is 1. The van der Waals surface area contributed by atoms with Crippen molar-refractivity contribution in [2.45, 2.75) is 19.4 Å². The molecule has 0 amide bonds. The summed E-state index contributed by atoms with van der Waals surface area (Å²) < 4.78 is 6.40. The fourth-order valence-corrected chi connectivity index (χ4v) is 2.91. The zero-order valence-electron chi connectivity index (χ0n) is 11.0. The van der Waals surface area contributed by atoms with Gasteiger partial charge in [-0.3, -0.25) is 4.79 Å². The lowest BCUT2D eigenvalue weighted by molar-refractivity contribution is -0.134. The third-order valence-electron chi connectivity index (χ3n) is 3.34. The van der Waals surface area contributed by atoms with E-state index in [-0.39, 0.29) is 12.0 Å². The van der Waals surface area contributed by atoms with Crippen LogP contribution in [-0.4, -0.2) is 5.97 Å². The zero-order valence-corrected chi connectivity index (χ0v) is 12.6. The molecule has 1 atom stereocenters. The number of benzene rings is 2. The molecular formula is C16H14BrNO2. The van der Waals surface area contributed by atoms with Crippen molar-refractivity contribution < 1.29 is 9.53 Å². The van der Waals surface area contributed by atoms with Crippen molar-refractivity contribution in [3.63, 3.8) is 0 Å². The summed E-state index contributed by atoms with van der Waals surface area (Å²) in [6.45, 7) is 1.98. The zero-order chi connectivity index (χ0) is 14.1. The average molecular weight is 332 g/mol. The van der Waals surface area contributed by atoms with Crippen LogP contribution in [0.3, 0.4) is 0 Å². The Bertz CT molecular complexity index is 669. The van der Waals surface area contributed by atoms with Crippen molar-refractivity contribution in [2.75, 3.05) is 5.32 Å². The monoisotopic (exact) mass is 331 g/mol. The molecule has 0 radical (unpaired) electrons. The molecule has 1 heterocycles. The van der Waals surface area contributed by atoms with Crippen LogP contribution in [0.2, 0.25) is 0 Å². The number of esters is 1. The fourth-order valence-electron chi connectivity index (χ4n) is 2.35. The van der Waals surface area contributed by atoms with E-state index in [0.717, 1.165) is 21.3 Å². The van der Waals surface area contributed by atoms with E-state index in [0.29, 0.717) is 12.2 Å². The first kappa shape index (κ1) is 13.2. The van der Waals surface area contributed by atoms with Gasteiger partial charge in [-0.1, -0.05) is 40.2 Å². The van der Waals surface area contributed by atoms with Crippen LogP contribution in [0.1, 0.15) is 23.6 Å². The molecule has 1 aliphatic heterocycles. The van der Waals surface area contributed by atoms with Crippen molar-refractivity contribution in [2.24, 2.45) is 0 Å². The van der Waals surface area contributed by atoms with Crippen LogP contribution >= 0.6 is 15.9 Å². The van der Waals surface area contributed by atoms with Crippen LogP contribution in [0, 0.1) is 6.92 Å². The van der Waals surface area contributed by atoms with Gasteiger partial charge in [0.15, 0.2) is 5.75 Å². The van der Waals surface area contributed by atoms with Gasteiger partial charge < -0.3 is 10.1 Å². The highest BCUT2D eigenvalue weighted by Gasteiger charge is 2.24. The van der Waals surface area contributed by atoms with Crippen LogP contribution in [0.4, 0.5) is 5.69 Å². The van der Waals surface area contributed by atoms with Crippen LogP contribution in [0.5, 0.6) is 5.75 Å². The Morgan fingerprint density at radius 3 is 2.85 bits per heavy atom. The number of carbonyl (C=O) groups excluding carboxylic acids is 1. The molecule has 20 heavy (non-hydrogen) atoms. The van der Waals surface area contributed by atoms with Crippen LogP contribution in [0.15, 0.2) is 46.9 Å². The highest BCUT2D eigenvalue weighted by Crippen LogP contribution is 2.36. The number of nitrogens with one attached hydrogen (secondary N) is 1. The highest BCUT2D eigenvalue weighted by atomic mass is 79.9. The van der Waals surface area contributed by atoms with Crippen molar-refractivity contribution in [1.29, 1.82) is 0 Å². The number of ether oxygens (including phenoxy) is 1. The number of rotatable bonds is 1. The predicted octanol–water partition coefficient (Wildman–Crippen LogP) is 4.22. The van der Waals surface area contributed by atoms with E-state index in [9.17, 15) is 4.79 Å². The number of hydrogen-bond donors (Lipinski definition) is 1. The van der Waals surface area contributed by atoms with Gasteiger partial charge in [0.25, 0.3) is 0 Å². The maximum Gasteiger partial charge on any atom is 0.313 e. The van der Waals surface area contributed by atoms with Gasteiger partial charge >= 0.3 is 5.97 Å². The first-order valence-electron chi connectivity index (χ1n) is 6.46. The average Bonchev–Trinajstić information content (AvgIpc) is 2.56. The summed E-state index contributed by atoms with van der Waals surface area (Å²) in [4.78, 5) is 12.0. The van der Waals surface area contributed by atoms with Crippen molar-refractivity contribution >= 4 is 27.6 Å². The molecule has 0 spiro atoms. The molecule has 102 valence electrons. The lowest BCUT2D eigenvalue weighted by Crippen LogP contribution is -2.15. The van der Waals surface area contributed by atoms with Gasteiger partial charge in [-0.05, 0) is 36.2 Å². The summed E-state index contributed by atoms with van der Waals surface area (Å²) >= 11 is 3.54. The lowest BCUT2D eigenvalue weighted by atomic mass is 10.0. The second-order valence-corrected chi connectivity index (χ2v) is 5.75. The van der Waals surface area contributed by atoms with Crippen molar-refractivity contribution in [3.05, 3.63) is 58.1 Å². The normalized spacial score (nSPS) is 17.7. The fraction of sp³-hybridized carbons (Fsp3) is 0.188. The molecular weight excluding hydrogens is 318 g/mol. The summed E-state index contributed by atoms with van der Waals surface area (Å²) in [5.74, 6) is 0.382. The van der Waals surface area contributed by atoms with E-state index in [1.807, 2.05) is 49.4 Å². The maximum atomic E-state index is 12.0. The number of fused-ring (bicyclic) bond motifs is 1. The Labute approximate surface area is 126 Å². The molecule has 0 bridgehead atoms. The minimum atomic E-state index is -0.220. The molecule has 3 rings (SSSR count). The molecule has 4 heteroatoms. The molecule has 2 aromatic carbocycles.